The molecule has 0 radical (unpaired) electrons. The molecule has 2 atom stereocenters. The third-order valence-corrected chi connectivity index (χ3v) is 3.99. The second kappa shape index (κ2) is 6.30. The monoisotopic (exact) mass is 331 g/mol. The summed E-state index contributed by atoms with van der Waals surface area (Å²) in [6.07, 6.45) is 4.19. The summed E-state index contributed by atoms with van der Waals surface area (Å²) in [6, 6.07) is 4.31. The van der Waals surface area contributed by atoms with E-state index in [9.17, 15) is 4.79 Å². The van der Waals surface area contributed by atoms with E-state index < -0.39 is 5.60 Å². The van der Waals surface area contributed by atoms with Crippen molar-refractivity contribution in [1.82, 2.24) is 19.9 Å². The number of aryl methyl sites for hydroxylation is 1. The van der Waals surface area contributed by atoms with Crippen molar-refractivity contribution in [3.63, 3.8) is 0 Å². The van der Waals surface area contributed by atoms with Gasteiger partial charge in [-0.05, 0) is 47.0 Å². The number of amides is 1. The molecule has 0 spiro atoms. The fourth-order valence-corrected chi connectivity index (χ4v) is 3.07. The van der Waals surface area contributed by atoms with Crippen molar-refractivity contribution in [3.8, 4) is 0 Å². The molecule has 1 fully saturated rings. The Labute approximate surface area is 141 Å². The molecular weight excluding hydrogens is 306 g/mol. The zero-order valence-corrected chi connectivity index (χ0v) is 14.7. The van der Waals surface area contributed by atoms with Crippen molar-refractivity contribution in [1.29, 1.82) is 0 Å². The summed E-state index contributed by atoms with van der Waals surface area (Å²) in [5, 5.41) is 10.8. The van der Waals surface area contributed by atoms with Crippen LogP contribution in [0.2, 0.25) is 0 Å². The zero-order chi connectivity index (χ0) is 17.3. The number of nitrogens with zero attached hydrogens (tertiary/aromatic N) is 3. The fraction of sp³-hybridized carbons (Fsp3) is 0.588. The summed E-state index contributed by atoms with van der Waals surface area (Å²) in [5.41, 5.74) is 1.31. The van der Waals surface area contributed by atoms with Gasteiger partial charge in [-0.15, -0.1) is 0 Å². The Hall–Kier alpha value is -2.31. The largest absolute Gasteiger partial charge is 0.444 e. The van der Waals surface area contributed by atoms with Crippen LogP contribution in [0, 0.1) is 6.92 Å². The Morgan fingerprint density at radius 2 is 2.08 bits per heavy atom. The van der Waals surface area contributed by atoms with E-state index in [4.69, 9.17) is 4.74 Å². The van der Waals surface area contributed by atoms with Crippen LogP contribution in [0.15, 0.2) is 18.3 Å². The van der Waals surface area contributed by atoms with Gasteiger partial charge in [-0.3, -0.25) is 0 Å². The molecule has 0 bridgehead atoms. The first-order chi connectivity index (χ1) is 11.3. The lowest BCUT2D eigenvalue weighted by atomic mass is 10.2. The molecule has 2 aromatic rings. The number of carbonyl (C=O) groups is 1. The molecule has 1 aliphatic carbocycles. The van der Waals surface area contributed by atoms with Gasteiger partial charge in [-0.1, -0.05) is 0 Å². The van der Waals surface area contributed by atoms with Crippen molar-refractivity contribution in [2.75, 3.05) is 5.32 Å². The minimum Gasteiger partial charge on any atom is -0.444 e. The lowest BCUT2D eigenvalue weighted by molar-refractivity contribution is 0.0505. The van der Waals surface area contributed by atoms with Gasteiger partial charge < -0.3 is 15.4 Å². The SMILES string of the molecule is Cc1cc(N[C@H]2CC[C@@H](NC(=O)OC(C)(C)C)C2)n2nccc2n1. The van der Waals surface area contributed by atoms with Gasteiger partial charge in [0, 0.05) is 29.9 Å². The van der Waals surface area contributed by atoms with E-state index in [2.05, 4.69) is 20.7 Å². The first-order valence-electron chi connectivity index (χ1n) is 8.37. The van der Waals surface area contributed by atoms with E-state index in [-0.39, 0.29) is 12.1 Å². The molecule has 130 valence electrons. The summed E-state index contributed by atoms with van der Waals surface area (Å²) in [5.74, 6) is 0.936. The van der Waals surface area contributed by atoms with E-state index in [1.54, 1.807) is 6.20 Å². The minimum atomic E-state index is -0.472. The van der Waals surface area contributed by atoms with E-state index >= 15 is 0 Å². The Bertz CT molecular complexity index is 734. The number of alkyl carbamates (subject to hydrolysis) is 1. The molecule has 1 amide bonds. The highest BCUT2D eigenvalue weighted by Gasteiger charge is 2.28. The van der Waals surface area contributed by atoms with Gasteiger partial charge in [0.1, 0.15) is 11.4 Å². The van der Waals surface area contributed by atoms with Gasteiger partial charge in [-0.25, -0.2) is 9.78 Å². The summed E-state index contributed by atoms with van der Waals surface area (Å²) in [7, 11) is 0. The predicted octanol–water partition coefficient (Wildman–Crippen LogP) is 2.90. The third-order valence-electron chi connectivity index (χ3n) is 3.99. The number of hydrogen-bond donors (Lipinski definition) is 2. The van der Waals surface area contributed by atoms with Crippen LogP contribution in [0.3, 0.4) is 0 Å². The minimum absolute atomic E-state index is 0.133. The maximum atomic E-state index is 11.9. The number of fused-ring (bicyclic) bond motifs is 1. The number of rotatable bonds is 3. The van der Waals surface area contributed by atoms with Crippen LogP contribution in [0.25, 0.3) is 5.65 Å². The van der Waals surface area contributed by atoms with Crippen LogP contribution in [-0.2, 0) is 4.74 Å². The van der Waals surface area contributed by atoms with Gasteiger partial charge in [0.2, 0.25) is 0 Å². The summed E-state index contributed by atoms with van der Waals surface area (Å²) in [4.78, 5) is 16.3. The van der Waals surface area contributed by atoms with Crippen LogP contribution in [-0.4, -0.2) is 38.4 Å². The fourth-order valence-electron chi connectivity index (χ4n) is 3.07. The zero-order valence-electron chi connectivity index (χ0n) is 14.7. The molecule has 3 rings (SSSR count). The van der Waals surface area contributed by atoms with Crippen molar-refractivity contribution in [2.24, 2.45) is 0 Å². The number of anilines is 1. The first-order valence-corrected chi connectivity index (χ1v) is 8.37. The van der Waals surface area contributed by atoms with Gasteiger partial charge in [-0.2, -0.15) is 9.61 Å². The molecule has 7 nitrogen and oxygen atoms in total. The molecule has 7 heteroatoms. The Morgan fingerprint density at radius 1 is 1.33 bits per heavy atom. The van der Waals surface area contributed by atoms with E-state index in [1.165, 1.54) is 0 Å². The molecule has 1 aliphatic rings. The number of carbonyl (C=O) groups excluding carboxylic acids is 1. The van der Waals surface area contributed by atoms with E-state index in [0.29, 0.717) is 6.04 Å². The smallest absolute Gasteiger partial charge is 0.407 e. The lowest BCUT2D eigenvalue weighted by Gasteiger charge is -2.22. The maximum absolute atomic E-state index is 11.9. The average molecular weight is 331 g/mol. The normalized spacial score (nSPS) is 21.0. The summed E-state index contributed by atoms with van der Waals surface area (Å²) < 4.78 is 7.13. The average Bonchev–Trinajstić information content (AvgIpc) is 3.05. The lowest BCUT2D eigenvalue weighted by Crippen LogP contribution is -2.38. The molecule has 1 saturated carbocycles. The predicted molar refractivity (Wildman–Crippen MR) is 92.1 cm³/mol. The third kappa shape index (κ3) is 3.96. The number of ether oxygens (including phenoxy) is 1. The van der Waals surface area contributed by atoms with Crippen molar-refractivity contribution < 1.29 is 9.53 Å². The van der Waals surface area contributed by atoms with E-state index in [1.807, 2.05) is 44.3 Å². The molecule has 0 aromatic carbocycles. The quantitative estimate of drug-likeness (QED) is 0.904. The van der Waals surface area contributed by atoms with Crippen LogP contribution in [0.1, 0.15) is 45.7 Å². The van der Waals surface area contributed by atoms with Gasteiger partial charge in [0.05, 0.1) is 6.20 Å². The van der Waals surface area contributed by atoms with Crippen LogP contribution in [0.5, 0.6) is 0 Å². The van der Waals surface area contributed by atoms with Gasteiger partial charge in [0.15, 0.2) is 5.65 Å². The van der Waals surface area contributed by atoms with Crippen LogP contribution in [0.4, 0.5) is 10.6 Å². The van der Waals surface area contributed by atoms with Crippen molar-refractivity contribution >= 4 is 17.6 Å². The Morgan fingerprint density at radius 3 is 2.83 bits per heavy atom. The van der Waals surface area contributed by atoms with Crippen LogP contribution < -0.4 is 10.6 Å². The van der Waals surface area contributed by atoms with Crippen molar-refractivity contribution in [3.05, 3.63) is 24.0 Å². The molecule has 2 N–H and O–H groups in total. The highest BCUT2D eigenvalue weighted by Crippen LogP contribution is 2.24. The molecule has 24 heavy (non-hydrogen) atoms. The number of aromatic nitrogens is 3. The Balaban J connectivity index is 1.60. The standard InChI is InChI=1S/C17H25N5O2/c1-11-9-15(22-14(19-11)7-8-18-22)20-12-5-6-13(10-12)21-16(23)24-17(2,3)4/h7-9,12-13,20H,5-6,10H2,1-4H3,(H,21,23)/t12-,13+/m0/s1. The van der Waals surface area contributed by atoms with Gasteiger partial charge >= 0.3 is 6.09 Å². The van der Waals surface area contributed by atoms with Crippen molar-refractivity contribution in [2.45, 2.75) is 64.6 Å². The van der Waals surface area contributed by atoms with E-state index in [0.717, 1.165) is 36.4 Å². The number of hydrogen-bond acceptors (Lipinski definition) is 5. The molecule has 2 aromatic heterocycles. The highest BCUT2D eigenvalue weighted by molar-refractivity contribution is 5.68. The highest BCUT2D eigenvalue weighted by atomic mass is 16.6. The molecule has 0 saturated heterocycles. The second-order valence-electron chi connectivity index (χ2n) is 7.38. The van der Waals surface area contributed by atoms with Crippen LogP contribution >= 0.6 is 0 Å². The summed E-state index contributed by atoms with van der Waals surface area (Å²) in [6.45, 7) is 7.58. The topological polar surface area (TPSA) is 80.5 Å². The second-order valence-corrected chi connectivity index (χ2v) is 7.38. The maximum Gasteiger partial charge on any atom is 0.407 e. The molecule has 0 aliphatic heterocycles. The molecular formula is C17H25N5O2. The first kappa shape index (κ1) is 16.5. The summed E-state index contributed by atoms with van der Waals surface area (Å²) >= 11 is 0. The number of nitrogens with one attached hydrogen (secondary N) is 2. The Kier molecular flexibility index (Phi) is 4.34. The molecule has 2 heterocycles. The van der Waals surface area contributed by atoms with Gasteiger partial charge in [0.25, 0.3) is 0 Å². The molecule has 0 unspecified atom stereocenters.